The van der Waals surface area contributed by atoms with Gasteiger partial charge in [0.1, 0.15) is 5.41 Å². The predicted octanol–water partition coefficient (Wildman–Crippen LogP) is 3.48. The van der Waals surface area contributed by atoms with E-state index in [0.717, 1.165) is 0 Å². The number of benzene rings is 1. The van der Waals surface area contributed by atoms with Crippen molar-refractivity contribution in [3.63, 3.8) is 0 Å². The molecule has 0 spiro atoms. The van der Waals surface area contributed by atoms with Crippen LogP contribution >= 0.6 is 0 Å². The largest absolute Gasteiger partial charge is 0.490 e. The van der Waals surface area contributed by atoms with Crippen LogP contribution in [0.5, 0.6) is 11.5 Å². The highest BCUT2D eigenvalue weighted by Gasteiger charge is 2.45. The molecular formula is C18H22O5. The minimum absolute atomic E-state index is 0.221. The molecule has 1 aromatic carbocycles. The lowest BCUT2D eigenvalue weighted by molar-refractivity contribution is -0.146. The summed E-state index contributed by atoms with van der Waals surface area (Å²) in [6, 6.07) is 4.86. The zero-order chi connectivity index (χ0) is 16.9. The molecule has 2 rings (SSSR count). The van der Waals surface area contributed by atoms with Crippen molar-refractivity contribution in [3.05, 3.63) is 35.9 Å². The molecule has 0 radical (unpaired) electrons. The first-order valence-electron chi connectivity index (χ1n) is 7.88. The normalized spacial score (nSPS) is 20.1. The molecular weight excluding hydrogens is 296 g/mol. The van der Waals surface area contributed by atoms with E-state index in [1.165, 1.54) is 0 Å². The first-order valence-corrected chi connectivity index (χ1v) is 7.88. The molecule has 0 aromatic heterocycles. The quantitative estimate of drug-likeness (QED) is 0.473. The van der Waals surface area contributed by atoms with Gasteiger partial charge in [0, 0.05) is 5.56 Å². The minimum Gasteiger partial charge on any atom is -0.490 e. The van der Waals surface area contributed by atoms with Crippen molar-refractivity contribution in [2.45, 2.75) is 33.1 Å². The Balaban J connectivity index is 2.39. The van der Waals surface area contributed by atoms with Gasteiger partial charge >= 0.3 is 5.97 Å². The maximum absolute atomic E-state index is 12.9. The zero-order valence-corrected chi connectivity index (χ0v) is 13.5. The maximum atomic E-state index is 12.9. The van der Waals surface area contributed by atoms with Gasteiger partial charge in [0.05, 0.1) is 13.2 Å². The number of rotatable bonds is 7. The SMILES string of the molecule is CCOc1ccc(C(=O)C2(C(=O)O)CC=CCC2)cc1OCC. The molecule has 124 valence electrons. The molecule has 1 unspecified atom stereocenters. The number of allylic oxidation sites excluding steroid dienone is 2. The Bertz CT molecular complexity index is 620. The van der Waals surface area contributed by atoms with Crippen molar-refractivity contribution in [2.24, 2.45) is 5.41 Å². The van der Waals surface area contributed by atoms with E-state index in [0.29, 0.717) is 43.1 Å². The third-order valence-corrected chi connectivity index (χ3v) is 4.02. The van der Waals surface area contributed by atoms with Crippen molar-refractivity contribution in [3.8, 4) is 11.5 Å². The van der Waals surface area contributed by atoms with E-state index < -0.39 is 11.4 Å². The maximum Gasteiger partial charge on any atom is 0.317 e. The predicted molar refractivity (Wildman–Crippen MR) is 86.2 cm³/mol. The van der Waals surface area contributed by atoms with Crippen LogP contribution < -0.4 is 9.47 Å². The summed E-state index contributed by atoms with van der Waals surface area (Å²) in [5.41, 5.74) is -1.04. The van der Waals surface area contributed by atoms with Crippen LogP contribution in [0.4, 0.5) is 0 Å². The molecule has 0 heterocycles. The monoisotopic (exact) mass is 318 g/mol. The fraction of sp³-hybridized carbons (Fsp3) is 0.444. The Kier molecular flexibility index (Phi) is 5.42. The molecule has 1 aliphatic rings. The van der Waals surface area contributed by atoms with Crippen LogP contribution in [0.3, 0.4) is 0 Å². The first kappa shape index (κ1) is 17.1. The van der Waals surface area contributed by atoms with Gasteiger partial charge in [0.25, 0.3) is 0 Å². The van der Waals surface area contributed by atoms with Gasteiger partial charge in [-0.1, -0.05) is 12.2 Å². The van der Waals surface area contributed by atoms with Crippen LogP contribution in [-0.4, -0.2) is 30.1 Å². The molecule has 0 saturated carbocycles. The van der Waals surface area contributed by atoms with Gasteiger partial charge in [-0.05, 0) is 51.3 Å². The Morgan fingerprint density at radius 2 is 1.83 bits per heavy atom. The number of carboxylic acids is 1. The van der Waals surface area contributed by atoms with Crippen molar-refractivity contribution in [2.75, 3.05) is 13.2 Å². The number of carbonyl (C=O) groups is 2. The number of hydrogen-bond acceptors (Lipinski definition) is 4. The topological polar surface area (TPSA) is 72.8 Å². The Hall–Kier alpha value is -2.30. The molecule has 0 saturated heterocycles. The third kappa shape index (κ3) is 3.38. The second-order valence-electron chi connectivity index (χ2n) is 5.46. The lowest BCUT2D eigenvalue weighted by Gasteiger charge is -2.29. The highest BCUT2D eigenvalue weighted by molar-refractivity contribution is 6.12. The molecule has 1 aromatic rings. The molecule has 23 heavy (non-hydrogen) atoms. The van der Waals surface area contributed by atoms with Crippen LogP contribution in [0.2, 0.25) is 0 Å². The summed E-state index contributed by atoms with van der Waals surface area (Å²) < 4.78 is 11.0. The molecule has 5 heteroatoms. The van der Waals surface area contributed by atoms with E-state index in [4.69, 9.17) is 9.47 Å². The smallest absolute Gasteiger partial charge is 0.317 e. The third-order valence-electron chi connectivity index (χ3n) is 4.02. The summed E-state index contributed by atoms with van der Waals surface area (Å²) in [6.45, 7) is 4.62. The fourth-order valence-corrected chi connectivity index (χ4v) is 2.80. The van der Waals surface area contributed by atoms with Gasteiger partial charge in [0.15, 0.2) is 17.3 Å². The number of carboxylic acid groups (broad SMARTS) is 1. The number of hydrogen-bond donors (Lipinski definition) is 1. The molecule has 1 aliphatic carbocycles. The van der Waals surface area contributed by atoms with E-state index in [-0.39, 0.29) is 12.2 Å². The van der Waals surface area contributed by atoms with Crippen LogP contribution in [-0.2, 0) is 4.79 Å². The van der Waals surface area contributed by atoms with E-state index >= 15 is 0 Å². The average Bonchev–Trinajstić information content (AvgIpc) is 2.56. The lowest BCUT2D eigenvalue weighted by Crippen LogP contribution is -2.40. The van der Waals surface area contributed by atoms with Gasteiger partial charge in [0.2, 0.25) is 0 Å². The van der Waals surface area contributed by atoms with E-state index in [2.05, 4.69) is 0 Å². The van der Waals surface area contributed by atoms with Gasteiger partial charge in [-0.2, -0.15) is 0 Å². The summed E-state index contributed by atoms with van der Waals surface area (Å²) in [7, 11) is 0. The summed E-state index contributed by atoms with van der Waals surface area (Å²) in [4.78, 5) is 24.6. The second-order valence-corrected chi connectivity index (χ2v) is 5.46. The summed E-state index contributed by atoms with van der Waals surface area (Å²) in [5.74, 6) is -0.428. The Morgan fingerprint density at radius 3 is 2.39 bits per heavy atom. The van der Waals surface area contributed by atoms with Crippen molar-refractivity contribution < 1.29 is 24.2 Å². The molecule has 5 nitrogen and oxygen atoms in total. The molecule has 0 fully saturated rings. The van der Waals surface area contributed by atoms with Crippen molar-refractivity contribution in [1.29, 1.82) is 0 Å². The summed E-state index contributed by atoms with van der Waals surface area (Å²) in [6.07, 6.45) is 4.81. The van der Waals surface area contributed by atoms with Crippen LogP contribution in [0.1, 0.15) is 43.5 Å². The van der Waals surface area contributed by atoms with Crippen LogP contribution in [0.25, 0.3) is 0 Å². The number of carbonyl (C=O) groups excluding carboxylic acids is 1. The average molecular weight is 318 g/mol. The Morgan fingerprint density at radius 1 is 1.13 bits per heavy atom. The number of Topliss-reactive ketones (excluding diaryl/α,β-unsaturated/α-hetero) is 1. The van der Waals surface area contributed by atoms with Gasteiger partial charge in [-0.25, -0.2) is 0 Å². The zero-order valence-electron chi connectivity index (χ0n) is 13.5. The first-order chi connectivity index (χ1) is 11.0. The van der Waals surface area contributed by atoms with E-state index in [1.807, 2.05) is 19.9 Å². The molecule has 1 N–H and O–H groups in total. The minimum atomic E-state index is -1.38. The van der Waals surface area contributed by atoms with E-state index in [9.17, 15) is 14.7 Å². The number of ketones is 1. The molecule has 0 amide bonds. The van der Waals surface area contributed by atoms with Crippen LogP contribution in [0.15, 0.2) is 30.4 Å². The number of aliphatic carboxylic acids is 1. The van der Waals surface area contributed by atoms with Gasteiger partial charge in [-0.15, -0.1) is 0 Å². The number of ether oxygens (including phenoxy) is 2. The lowest BCUT2D eigenvalue weighted by atomic mass is 9.72. The Labute approximate surface area is 135 Å². The van der Waals surface area contributed by atoms with Gasteiger partial charge in [-0.3, -0.25) is 9.59 Å². The highest BCUT2D eigenvalue weighted by atomic mass is 16.5. The van der Waals surface area contributed by atoms with Gasteiger partial charge < -0.3 is 14.6 Å². The second kappa shape index (κ2) is 7.31. The molecule has 0 aliphatic heterocycles. The molecule has 1 atom stereocenters. The van der Waals surface area contributed by atoms with E-state index in [1.54, 1.807) is 24.3 Å². The highest BCUT2D eigenvalue weighted by Crippen LogP contribution is 2.38. The van der Waals surface area contributed by atoms with Crippen molar-refractivity contribution >= 4 is 11.8 Å². The van der Waals surface area contributed by atoms with Crippen molar-refractivity contribution in [1.82, 2.24) is 0 Å². The standard InChI is InChI=1S/C18H22O5/c1-3-22-14-9-8-13(12-15(14)23-4-2)16(19)18(17(20)21)10-6-5-7-11-18/h5-6,8-9,12H,3-4,7,10-11H2,1-2H3,(H,20,21). The molecule has 0 bridgehead atoms. The summed E-state index contributed by atoms with van der Waals surface area (Å²) in [5, 5.41) is 9.62. The summed E-state index contributed by atoms with van der Waals surface area (Å²) >= 11 is 0. The van der Waals surface area contributed by atoms with Crippen LogP contribution in [0, 0.1) is 5.41 Å². The fourth-order valence-electron chi connectivity index (χ4n) is 2.80.